The van der Waals surface area contributed by atoms with E-state index in [-0.39, 0.29) is 23.3 Å². The zero-order chi connectivity index (χ0) is 14.5. The standard InChI is InChI=1S/C15H17FN2O2/c1-2-3-7-17-15(20)10-18-8-6-14(19)12-9-11(16)4-5-13(12)18/h4-6,8-9H,2-3,7,10H2,1H3,(H,17,20). The van der Waals surface area contributed by atoms with Gasteiger partial charge < -0.3 is 9.88 Å². The van der Waals surface area contributed by atoms with Crippen molar-refractivity contribution >= 4 is 16.8 Å². The molecule has 0 bridgehead atoms. The number of rotatable bonds is 5. The predicted octanol–water partition coefficient (Wildman–Crippen LogP) is 2.06. The minimum atomic E-state index is -0.459. The number of carbonyl (C=O) groups excluding carboxylic acids is 1. The van der Waals surface area contributed by atoms with Crippen molar-refractivity contribution in [1.29, 1.82) is 0 Å². The molecule has 20 heavy (non-hydrogen) atoms. The summed E-state index contributed by atoms with van der Waals surface area (Å²) in [6, 6.07) is 5.35. The summed E-state index contributed by atoms with van der Waals surface area (Å²) < 4.78 is 14.8. The van der Waals surface area contributed by atoms with E-state index in [1.165, 1.54) is 24.3 Å². The summed E-state index contributed by atoms with van der Waals surface area (Å²) in [5, 5.41) is 3.10. The molecule has 1 heterocycles. The van der Waals surface area contributed by atoms with Gasteiger partial charge in [-0.3, -0.25) is 9.59 Å². The molecule has 106 valence electrons. The lowest BCUT2D eigenvalue weighted by molar-refractivity contribution is -0.121. The van der Waals surface area contributed by atoms with E-state index in [1.54, 1.807) is 10.8 Å². The molecule has 0 saturated carbocycles. The van der Waals surface area contributed by atoms with Crippen LogP contribution in [0.5, 0.6) is 0 Å². The van der Waals surface area contributed by atoms with Gasteiger partial charge in [0.25, 0.3) is 0 Å². The highest BCUT2D eigenvalue weighted by Crippen LogP contribution is 2.11. The van der Waals surface area contributed by atoms with Crippen LogP contribution in [0.15, 0.2) is 35.3 Å². The maximum atomic E-state index is 13.2. The van der Waals surface area contributed by atoms with Crippen LogP contribution < -0.4 is 10.7 Å². The predicted molar refractivity (Wildman–Crippen MR) is 76.1 cm³/mol. The van der Waals surface area contributed by atoms with Crippen LogP contribution in [0.1, 0.15) is 19.8 Å². The molecular formula is C15H17FN2O2. The molecule has 0 radical (unpaired) electrons. The molecule has 1 N–H and O–H groups in total. The smallest absolute Gasteiger partial charge is 0.239 e. The molecule has 2 rings (SSSR count). The highest BCUT2D eigenvalue weighted by atomic mass is 19.1. The molecule has 4 nitrogen and oxygen atoms in total. The second-order valence-electron chi connectivity index (χ2n) is 4.67. The Balaban J connectivity index is 2.25. The fourth-order valence-corrected chi connectivity index (χ4v) is 2.04. The van der Waals surface area contributed by atoms with E-state index in [1.807, 2.05) is 0 Å². The fraction of sp³-hybridized carbons (Fsp3) is 0.333. The molecule has 0 saturated heterocycles. The number of nitrogens with zero attached hydrogens (tertiary/aromatic N) is 1. The van der Waals surface area contributed by atoms with Crippen LogP contribution in [0.2, 0.25) is 0 Å². The lowest BCUT2D eigenvalue weighted by atomic mass is 10.2. The van der Waals surface area contributed by atoms with Crippen molar-refractivity contribution in [1.82, 2.24) is 9.88 Å². The molecule has 0 aliphatic carbocycles. The summed E-state index contributed by atoms with van der Waals surface area (Å²) in [6.07, 6.45) is 3.50. The van der Waals surface area contributed by atoms with Crippen LogP contribution in [0, 0.1) is 5.82 Å². The van der Waals surface area contributed by atoms with Gasteiger partial charge in [-0.2, -0.15) is 0 Å². The quantitative estimate of drug-likeness (QED) is 0.850. The normalized spacial score (nSPS) is 10.7. The van der Waals surface area contributed by atoms with Gasteiger partial charge in [0.15, 0.2) is 5.43 Å². The third-order valence-electron chi connectivity index (χ3n) is 3.11. The van der Waals surface area contributed by atoms with Gasteiger partial charge in [0.2, 0.25) is 5.91 Å². The molecule has 2 aromatic rings. The summed E-state index contributed by atoms with van der Waals surface area (Å²) in [5.41, 5.74) is 0.312. The Morgan fingerprint density at radius 3 is 2.90 bits per heavy atom. The number of hydrogen-bond acceptors (Lipinski definition) is 2. The van der Waals surface area contributed by atoms with Crippen LogP contribution in [-0.2, 0) is 11.3 Å². The first-order valence-electron chi connectivity index (χ1n) is 6.67. The molecule has 0 aliphatic heterocycles. The number of unbranched alkanes of at least 4 members (excludes halogenated alkanes) is 1. The highest BCUT2D eigenvalue weighted by molar-refractivity contribution is 5.82. The molecule has 1 amide bonds. The van der Waals surface area contributed by atoms with Crippen molar-refractivity contribution in [3.8, 4) is 0 Å². The van der Waals surface area contributed by atoms with Crippen LogP contribution >= 0.6 is 0 Å². The SMILES string of the molecule is CCCCNC(=O)Cn1ccc(=O)c2cc(F)ccc21. The van der Waals surface area contributed by atoms with Gasteiger partial charge >= 0.3 is 0 Å². The van der Waals surface area contributed by atoms with Crippen molar-refractivity contribution in [2.24, 2.45) is 0 Å². The second-order valence-corrected chi connectivity index (χ2v) is 4.67. The molecule has 1 aromatic heterocycles. The van der Waals surface area contributed by atoms with Gasteiger partial charge in [-0.25, -0.2) is 4.39 Å². The first-order valence-corrected chi connectivity index (χ1v) is 6.67. The van der Waals surface area contributed by atoms with Crippen LogP contribution in [0.3, 0.4) is 0 Å². The molecule has 0 unspecified atom stereocenters. The highest BCUT2D eigenvalue weighted by Gasteiger charge is 2.07. The molecule has 0 spiro atoms. The summed E-state index contributed by atoms with van der Waals surface area (Å²) in [4.78, 5) is 23.5. The van der Waals surface area contributed by atoms with Gasteiger partial charge in [-0.15, -0.1) is 0 Å². The summed E-state index contributed by atoms with van der Waals surface area (Å²) >= 11 is 0. The number of fused-ring (bicyclic) bond motifs is 1. The zero-order valence-electron chi connectivity index (χ0n) is 11.4. The minimum Gasteiger partial charge on any atom is -0.355 e. The second kappa shape index (κ2) is 6.32. The first-order chi connectivity index (χ1) is 9.61. The number of halogens is 1. The van der Waals surface area contributed by atoms with Crippen molar-refractivity contribution in [3.05, 3.63) is 46.5 Å². The lowest BCUT2D eigenvalue weighted by Crippen LogP contribution is -2.28. The largest absolute Gasteiger partial charge is 0.355 e. The van der Waals surface area contributed by atoms with Gasteiger partial charge in [-0.05, 0) is 24.6 Å². The monoisotopic (exact) mass is 276 g/mol. The van der Waals surface area contributed by atoms with E-state index in [0.717, 1.165) is 12.8 Å². The Bertz CT molecular complexity index is 679. The number of nitrogens with one attached hydrogen (secondary N) is 1. The Kier molecular flexibility index (Phi) is 4.50. The zero-order valence-corrected chi connectivity index (χ0v) is 11.4. The van der Waals surface area contributed by atoms with Crippen LogP contribution in [0.25, 0.3) is 10.9 Å². The minimum absolute atomic E-state index is 0.117. The third-order valence-corrected chi connectivity index (χ3v) is 3.11. The maximum absolute atomic E-state index is 13.2. The van der Waals surface area contributed by atoms with Crippen LogP contribution in [-0.4, -0.2) is 17.0 Å². The Labute approximate surface area is 116 Å². The summed E-state index contributed by atoms with van der Waals surface area (Å²) in [6.45, 7) is 2.81. The number of benzene rings is 1. The third kappa shape index (κ3) is 3.23. The summed E-state index contributed by atoms with van der Waals surface area (Å²) in [7, 11) is 0. The van der Waals surface area contributed by atoms with Crippen molar-refractivity contribution < 1.29 is 9.18 Å². The maximum Gasteiger partial charge on any atom is 0.239 e. The van der Waals surface area contributed by atoms with Gasteiger partial charge in [-0.1, -0.05) is 13.3 Å². The van der Waals surface area contributed by atoms with E-state index >= 15 is 0 Å². The molecule has 0 fully saturated rings. The van der Waals surface area contributed by atoms with Crippen molar-refractivity contribution in [2.45, 2.75) is 26.3 Å². The average molecular weight is 276 g/mol. The number of pyridine rings is 1. The Hall–Kier alpha value is -2.17. The molecule has 5 heteroatoms. The van der Waals surface area contributed by atoms with E-state index in [0.29, 0.717) is 12.1 Å². The van der Waals surface area contributed by atoms with Gasteiger partial charge in [0.05, 0.1) is 5.52 Å². The first kappa shape index (κ1) is 14.2. The van der Waals surface area contributed by atoms with Crippen molar-refractivity contribution in [2.75, 3.05) is 6.54 Å². The molecular weight excluding hydrogens is 259 g/mol. The molecule has 1 aromatic carbocycles. The van der Waals surface area contributed by atoms with Gasteiger partial charge in [0, 0.05) is 24.2 Å². The number of amides is 1. The van der Waals surface area contributed by atoms with E-state index in [4.69, 9.17) is 0 Å². The summed E-state index contributed by atoms with van der Waals surface area (Å²) in [5.74, 6) is -0.576. The van der Waals surface area contributed by atoms with Gasteiger partial charge in [0.1, 0.15) is 12.4 Å². The van der Waals surface area contributed by atoms with Crippen molar-refractivity contribution in [3.63, 3.8) is 0 Å². The topological polar surface area (TPSA) is 51.1 Å². The average Bonchev–Trinajstić information content (AvgIpc) is 2.42. The van der Waals surface area contributed by atoms with Crippen LogP contribution in [0.4, 0.5) is 4.39 Å². The van der Waals surface area contributed by atoms with E-state index in [9.17, 15) is 14.0 Å². The van der Waals surface area contributed by atoms with E-state index < -0.39 is 5.82 Å². The number of aromatic nitrogens is 1. The van der Waals surface area contributed by atoms with E-state index in [2.05, 4.69) is 12.2 Å². The molecule has 0 atom stereocenters. The number of hydrogen-bond donors (Lipinski definition) is 1. The molecule has 0 aliphatic rings. The lowest BCUT2D eigenvalue weighted by Gasteiger charge is -2.11. The Morgan fingerprint density at radius 1 is 1.35 bits per heavy atom. The fourth-order valence-electron chi connectivity index (χ4n) is 2.04. The number of carbonyl (C=O) groups is 1. The Morgan fingerprint density at radius 2 is 2.15 bits per heavy atom.